The van der Waals surface area contributed by atoms with Gasteiger partial charge in [0.05, 0.1) is 0 Å². The third-order valence-corrected chi connectivity index (χ3v) is 6.44. The van der Waals surface area contributed by atoms with E-state index in [4.69, 9.17) is 0 Å². The molecule has 2 heteroatoms. The molecule has 1 aliphatic heterocycles. The van der Waals surface area contributed by atoms with Gasteiger partial charge >= 0.3 is 0 Å². The van der Waals surface area contributed by atoms with Gasteiger partial charge in [-0.1, -0.05) is 37.1 Å². The highest BCUT2D eigenvalue weighted by Crippen LogP contribution is 2.41. The van der Waals surface area contributed by atoms with Crippen LogP contribution in [0.15, 0.2) is 29.3 Å². The van der Waals surface area contributed by atoms with Crippen molar-refractivity contribution < 1.29 is 0 Å². The largest absolute Gasteiger partial charge is 0.369 e. The van der Waals surface area contributed by atoms with Crippen molar-refractivity contribution in [3.05, 3.63) is 40.5 Å². The van der Waals surface area contributed by atoms with Gasteiger partial charge in [-0.3, -0.25) is 4.90 Å². The zero-order valence-corrected chi connectivity index (χ0v) is 17.0. The van der Waals surface area contributed by atoms with E-state index in [1.807, 2.05) is 0 Å². The Morgan fingerprint density at radius 3 is 2.40 bits per heavy atom. The van der Waals surface area contributed by atoms with Crippen LogP contribution < -0.4 is 4.90 Å². The normalized spacial score (nSPS) is 21.7. The summed E-state index contributed by atoms with van der Waals surface area (Å²) in [4.78, 5) is 5.25. The third kappa shape index (κ3) is 4.28. The monoisotopic (exact) mass is 340 g/mol. The second-order valence-electron chi connectivity index (χ2n) is 8.86. The van der Waals surface area contributed by atoms with Crippen LogP contribution in [0, 0.1) is 19.3 Å². The second-order valence-corrected chi connectivity index (χ2v) is 8.86. The van der Waals surface area contributed by atoms with Crippen LogP contribution in [0.4, 0.5) is 5.69 Å². The van der Waals surface area contributed by atoms with Gasteiger partial charge in [0.2, 0.25) is 0 Å². The van der Waals surface area contributed by atoms with Crippen LogP contribution in [-0.4, -0.2) is 37.6 Å². The van der Waals surface area contributed by atoms with Crippen LogP contribution in [0.25, 0.3) is 0 Å². The topological polar surface area (TPSA) is 6.48 Å². The van der Waals surface area contributed by atoms with Gasteiger partial charge in [0.15, 0.2) is 0 Å². The van der Waals surface area contributed by atoms with E-state index in [-0.39, 0.29) is 0 Å². The fraction of sp³-hybridized carbons (Fsp3) is 0.652. The van der Waals surface area contributed by atoms with Crippen LogP contribution in [-0.2, 0) is 0 Å². The molecular weight excluding hydrogens is 304 g/mol. The molecule has 2 nitrogen and oxygen atoms in total. The Labute approximate surface area is 154 Å². The molecule has 3 rings (SSSR count). The summed E-state index contributed by atoms with van der Waals surface area (Å²) >= 11 is 0. The van der Waals surface area contributed by atoms with Gasteiger partial charge in [-0.25, -0.2) is 0 Å². The molecule has 0 saturated carbocycles. The Hall–Kier alpha value is -1.28. The minimum absolute atomic E-state index is 0.419. The van der Waals surface area contributed by atoms with Gasteiger partial charge < -0.3 is 4.90 Å². The van der Waals surface area contributed by atoms with Gasteiger partial charge in [0, 0.05) is 38.4 Å². The quantitative estimate of drug-likeness (QED) is 0.682. The fourth-order valence-corrected chi connectivity index (χ4v) is 4.77. The molecule has 2 aliphatic rings. The first-order chi connectivity index (χ1) is 11.9. The molecule has 0 unspecified atom stereocenters. The highest BCUT2D eigenvalue weighted by atomic mass is 15.3. The smallest absolute Gasteiger partial charge is 0.0399 e. The molecule has 0 amide bonds. The second kappa shape index (κ2) is 7.53. The lowest BCUT2D eigenvalue weighted by Crippen LogP contribution is -2.47. The number of hydrogen-bond donors (Lipinski definition) is 0. The molecule has 1 fully saturated rings. The molecule has 0 aromatic heterocycles. The average Bonchev–Trinajstić information content (AvgIpc) is 2.57. The molecule has 0 radical (unpaired) electrons. The summed E-state index contributed by atoms with van der Waals surface area (Å²) in [5.74, 6) is 0. The van der Waals surface area contributed by atoms with E-state index in [0.29, 0.717) is 5.41 Å². The Morgan fingerprint density at radius 1 is 1.00 bits per heavy atom. The number of anilines is 1. The first-order valence-electron chi connectivity index (χ1n) is 10.1. The third-order valence-electron chi connectivity index (χ3n) is 6.44. The number of piperazine rings is 1. The van der Waals surface area contributed by atoms with Crippen LogP contribution in [0.3, 0.4) is 0 Å². The van der Waals surface area contributed by atoms with Crippen molar-refractivity contribution in [3.63, 3.8) is 0 Å². The minimum atomic E-state index is 0.419. The Bertz CT molecular complexity index is 633. The summed E-state index contributed by atoms with van der Waals surface area (Å²) in [5, 5.41) is 0. The summed E-state index contributed by atoms with van der Waals surface area (Å²) in [6, 6.07) is 6.83. The fourth-order valence-electron chi connectivity index (χ4n) is 4.77. The Morgan fingerprint density at radius 2 is 1.72 bits per heavy atom. The number of aryl methyl sites for hydroxylation is 2. The van der Waals surface area contributed by atoms with Crippen LogP contribution in [0.1, 0.15) is 57.6 Å². The summed E-state index contributed by atoms with van der Waals surface area (Å²) < 4.78 is 0. The highest BCUT2D eigenvalue weighted by Gasteiger charge is 2.28. The molecule has 1 saturated heterocycles. The van der Waals surface area contributed by atoms with E-state index in [0.717, 1.165) is 13.1 Å². The molecule has 25 heavy (non-hydrogen) atoms. The number of benzene rings is 1. The van der Waals surface area contributed by atoms with Crippen molar-refractivity contribution in [3.8, 4) is 0 Å². The van der Waals surface area contributed by atoms with Crippen molar-refractivity contribution in [2.24, 2.45) is 5.41 Å². The zero-order valence-electron chi connectivity index (χ0n) is 17.0. The van der Waals surface area contributed by atoms with Crippen molar-refractivity contribution in [2.45, 2.75) is 60.3 Å². The molecule has 1 heterocycles. The van der Waals surface area contributed by atoms with E-state index >= 15 is 0 Å². The Kier molecular flexibility index (Phi) is 5.58. The number of rotatable bonds is 4. The standard InChI is InChI=1S/C23H36N2/c1-18-8-9-20(3)22(17-18)25-15-13-24(14-16-25)12-10-21-19(2)7-6-11-23(21,4)5/h8-9,17H,6-7,10-16H2,1-5H3. The molecule has 0 atom stereocenters. The molecule has 1 aromatic rings. The Balaban J connectivity index is 1.55. The summed E-state index contributed by atoms with van der Waals surface area (Å²) in [6.07, 6.45) is 5.32. The van der Waals surface area contributed by atoms with Crippen molar-refractivity contribution >= 4 is 5.69 Å². The van der Waals surface area contributed by atoms with Crippen LogP contribution >= 0.6 is 0 Å². The molecule has 138 valence electrons. The van der Waals surface area contributed by atoms with Crippen molar-refractivity contribution in [1.29, 1.82) is 0 Å². The first kappa shape index (κ1) is 18.5. The van der Waals surface area contributed by atoms with E-state index in [1.54, 1.807) is 11.1 Å². The van der Waals surface area contributed by atoms with Crippen LogP contribution in [0.2, 0.25) is 0 Å². The SMILES string of the molecule is CC1=C(CCN2CCN(c3cc(C)ccc3C)CC2)C(C)(C)CCC1. The molecule has 1 aliphatic carbocycles. The van der Waals surface area contributed by atoms with E-state index in [9.17, 15) is 0 Å². The predicted molar refractivity (Wildman–Crippen MR) is 110 cm³/mol. The van der Waals surface area contributed by atoms with Crippen molar-refractivity contribution in [1.82, 2.24) is 4.90 Å². The maximum atomic E-state index is 2.67. The van der Waals surface area contributed by atoms with Crippen LogP contribution in [0.5, 0.6) is 0 Å². The maximum absolute atomic E-state index is 2.67. The summed E-state index contributed by atoms with van der Waals surface area (Å²) in [6.45, 7) is 17.6. The van der Waals surface area contributed by atoms with Gasteiger partial charge in [0.1, 0.15) is 0 Å². The highest BCUT2D eigenvalue weighted by molar-refractivity contribution is 5.55. The molecule has 0 N–H and O–H groups in total. The first-order valence-corrected chi connectivity index (χ1v) is 10.1. The van der Waals surface area contributed by atoms with E-state index in [1.165, 1.54) is 62.1 Å². The maximum Gasteiger partial charge on any atom is 0.0399 e. The van der Waals surface area contributed by atoms with E-state index < -0.39 is 0 Å². The number of nitrogens with zero attached hydrogens (tertiary/aromatic N) is 2. The lowest BCUT2D eigenvalue weighted by molar-refractivity contribution is 0.248. The van der Waals surface area contributed by atoms with Gasteiger partial charge in [-0.05, 0) is 69.1 Å². The van der Waals surface area contributed by atoms with Gasteiger partial charge in [0.25, 0.3) is 0 Å². The lowest BCUT2D eigenvalue weighted by atomic mass is 9.71. The zero-order chi connectivity index (χ0) is 18.0. The van der Waals surface area contributed by atoms with Gasteiger partial charge in [-0.15, -0.1) is 0 Å². The molecular formula is C23H36N2. The average molecular weight is 341 g/mol. The number of allylic oxidation sites excluding steroid dienone is 1. The summed E-state index contributed by atoms with van der Waals surface area (Å²) in [5.41, 5.74) is 8.05. The molecule has 0 bridgehead atoms. The van der Waals surface area contributed by atoms with E-state index in [2.05, 4.69) is 62.6 Å². The minimum Gasteiger partial charge on any atom is -0.369 e. The van der Waals surface area contributed by atoms with Gasteiger partial charge in [-0.2, -0.15) is 0 Å². The molecule has 0 spiro atoms. The van der Waals surface area contributed by atoms with Crippen molar-refractivity contribution in [2.75, 3.05) is 37.6 Å². The summed E-state index contributed by atoms with van der Waals surface area (Å²) in [7, 11) is 0. The lowest BCUT2D eigenvalue weighted by Gasteiger charge is -2.39. The number of hydrogen-bond acceptors (Lipinski definition) is 2. The molecule has 1 aromatic carbocycles. The predicted octanol–water partition coefficient (Wildman–Crippen LogP) is 5.34.